The van der Waals surface area contributed by atoms with E-state index in [2.05, 4.69) is 6.92 Å². The van der Waals surface area contributed by atoms with Gasteiger partial charge in [-0.1, -0.05) is 38.5 Å². The van der Waals surface area contributed by atoms with Gasteiger partial charge in [0.05, 0.1) is 0 Å². The van der Waals surface area contributed by atoms with E-state index in [0.29, 0.717) is 6.04 Å². The summed E-state index contributed by atoms with van der Waals surface area (Å²) in [4.78, 5) is 0. The first-order valence-corrected chi connectivity index (χ1v) is 5.54. The van der Waals surface area contributed by atoms with Crippen LogP contribution in [0.5, 0.6) is 0 Å². The zero-order valence-corrected chi connectivity index (χ0v) is 8.13. The van der Waals surface area contributed by atoms with Crippen molar-refractivity contribution in [2.24, 2.45) is 23.5 Å². The maximum absolute atomic E-state index is 6.06. The van der Waals surface area contributed by atoms with Gasteiger partial charge in [-0.2, -0.15) is 0 Å². The van der Waals surface area contributed by atoms with E-state index in [4.69, 9.17) is 5.73 Å². The highest BCUT2D eigenvalue weighted by molar-refractivity contribution is 4.90. The SMILES string of the molecule is CC(N)C(C1CCC1)C1CCC1. The van der Waals surface area contributed by atoms with Gasteiger partial charge < -0.3 is 5.73 Å². The minimum Gasteiger partial charge on any atom is -0.328 e. The van der Waals surface area contributed by atoms with Gasteiger partial charge in [-0.3, -0.25) is 0 Å². The summed E-state index contributed by atoms with van der Waals surface area (Å²) in [6, 6.07) is 0.445. The first-order chi connectivity index (χ1) is 5.79. The largest absolute Gasteiger partial charge is 0.328 e. The summed E-state index contributed by atoms with van der Waals surface area (Å²) in [7, 11) is 0. The lowest BCUT2D eigenvalue weighted by Gasteiger charge is -2.44. The molecule has 2 aliphatic rings. The first kappa shape index (κ1) is 8.55. The second kappa shape index (κ2) is 3.37. The molecule has 0 amide bonds. The molecule has 1 unspecified atom stereocenters. The highest BCUT2D eigenvalue weighted by Gasteiger charge is 2.37. The molecule has 2 fully saturated rings. The van der Waals surface area contributed by atoms with Crippen molar-refractivity contribution in [3.8, 4) is 0 Å². The highest BCUT2D eigenvalue weighted by Crippen LogP contribution is 2.45. The third kappa shape index (κ3) is 1.39. The van der Waals surface area contributed by atoms with E-state index in [1.165, 1.54) is 38.5 Å². The van der Waals surface area contributed by atoms with Crippen LogP contribution in [0, 0.1) is 17.8 Å². The molecule has 1 heteroatoms. The van der Waals surface area contributed by atoms with Crippen LogP contribution in [0.2, 0.25) is 0 Å². The van der Waals surface area contributed by atoms with E-state index in [-0.39, 0.29) is 0 Å². The van der Waals surface area contributed by atoms with Crippen LogP contribution in [0.25, 0.3) is 0 Å². The lowest BCUT2D eigenvalue weighted by atomic mass is 9.62. The van der Waals surface area contributed by atoms with E-state index < -0.39 is 0 Å². The summed E-state index contributed by atoms with van der Waals surface area (Å²) in [5.74, 6) is 2.86. The molecule has 12 heavy (non-hydrogen) atoms. The molecule has 0 aliphatic heterocycles. The minimum absolute atomic E-state index is 0.445. The van der Waals surface area contributed by atoms with Crippen molar-refractivity contribution in [2.45, 2.75) is 51.5 Å². The topological polar surface area (TPSA) is 26.0 Å². The Balaban J connectivity index is 1.91. The molecular weight excluding hydrogens is 146 g/mol. The lowest BCUT2D eigenvalue weighted by molar-refractivity contribution is 0.0762. The molecule has 0 aromatic carbocycles. The normalized spacial score (nSPS) is 28.2. The molecule has 70 valence electrons. The molecule has 0 bridgehead atoms. The van der Waals surface area contributed by atoms with Crippen LogP contribution < -0.4 is 5.73 Å². The zero-order chi connectivity index (χ0) is 8.55. The average molecular weight is 167 g/mol. The van der Waals surface area contributed by atoms with Gasteiger partial charge in [-0.25, -0.2) is 0 Å². The van der Waals surface area contributed by atoms with Gasteiger partial charge in [0, 0.05) is 6.04 Å². The summed E-state index contributed by atoms with van der Waals surface area (Å²) >= 11 is 0. The van der Waals surface area contributed by atoms with Crippen molar-refractivity contribution >= 4 is 0 Å². The highest BCUT2D eigenvalue weighted by atomic mass is 14.7. The van der Waals surface area contributed by atoms with Gasteiger partial charge in [0.1, 0.15) is 0 Å². The van der Waals surface area contributed by atoms with Crippen LogP contribution in [-0.2, 0) is 0 Å². The predicted octanol–water partition coefficient (Wildman–Crippen LogP) is 2.55. The van der Waals surface area contributed by atoms with E-state index in [1.54, 1.807) is 0 Å². The van der Waals surface area contributed by atoms with Crippen molar-refractivity contribution in [3.63, 3.8) is 0 Å². The summed E-state index contributed by atoms with van der Waals surface area (Å²) in [5.41, 5.74) is 6.06. The molecule has 0 aromatic rings. The van der Waals surface area contributed by atoms with Crippen LogP contribution in [0.3, 0.4) is 0 Å². The molecule has 0 radical (unpaired) electrons. The van der Waals surface area contributed by atoms with Crippen LogP contribution in [0.1, 0.15) is 45.4 Å². The van der Waals surface area contributed by atoms with Crippen LogP contribution in [0.4, 0.5) is 0 Å². The molecule has 2 N–H and O–H groups in total. The van der Waals surface area contributed by atoms with Gasteiger partial charge in [0.2, 0.25) is 0 Å². The number of hydrogen-bond donors (Lipinski definition) is 1. The van der Waals surface area contributed by atoms with E-state index in [1.807, 2.05) is 0 Å². The van der Waals surface area contributed by atoms with Crippen LogP contribution >= 0.6 is 0 Å². The van der Waals surface area contributed by atoms with Crippen LogP contribution in [-0.4, -0.2) is 6.04 Å². The average Bonchev–Trinajstić information content (AvgIpc) is 1.77. The Morgan fingerprint density at radius 2 is 1.42 bits per heavy atom. The Morgan fingerprint density at radius 1 is 1.00 bits per heavy atom. The third-order valence-electron chi connectivity index (χ3n) is 4.00. The first-order valence-electron chi connectivity index (χ1n) is 5.54. The summed E-state index contributed by atoms with van der Waals surface area (Å²) < 4.78 is 0. The minimum atomic E-state index is 0.445. The fourth-order valence-electron chi connectivity index (χ4n) is 2.89. The monoisotopic (exact) mass is 167 g/mol. The molecule has 2 saturated carbocycles. The Hall–Kier alpha value is -0.0400. The summed E-state index contributed by atoms with van der Waals surface area (Å²) in [6.07, 6.45) is 8.76. The number of hydrogen-bond acceptors (Lipinski definition) is 1. The number of nitrogens with two attached hydrogens (primary N) is 1. The smallest absolute Gasteiger partial charge is 0.00440 e. The molecule has 1 atom stereocenters. The second-order valence-corrected chi connectivity index (χ2v) is 4.82. The third-order valence-corrected chi connectivity index (χ3v) is 4.00. The molecule has 0 spiro atoms. The molecule has 2 rings (SSSR count). The Labute approximate surface area is 75.7 Å². The fourth-order valence-corrected chi connectivity index (χ4v) is 2.89. The molecule has 2 aliphatic carbocycles. The maximum Gasteiger partial charge on any atom is 0.00440 e. The standard InChI is InChI=1S/C11H21N/c1-8(12)11(9-4-2-5-9)10-6-3-7-10/h8-11H,2-7,12H2,1H3. The van der Waals surface area contributed by atoms with Crippen molar-refractivity contribution in [1.29, 1.82) is 0 Å². The number of rotatable bonds is 3. The molecule has 1 nitrogen and oxygen atoms in total. The Morgan fingerprint density at radius 3 is 1.58 bits per heavy atom. The van der Waals surface area contributed by atoms with Gasteiger partial charge in [0.15, 0.2) is 0 Å². The summed E-state index contributed by atoms with van der Waals surface area (Å²) in [5, 5.41) is 0. The van der Waals surface area contributed by atoms with Crippen molar-refractivity contribution in [1.82, 2.24) is 0 Å². The fraction of sp³-hybridized carbons (Fsp3) is 1.00. The molecule has 0 aromatic heterocycles. The van der Waals surface area contributed by atoms with Gasteiger partial charge in [-0.15, -0.1) is 0 Å². The van der Waals surface area contributed by atoms with Crippen molar-refractivity contribution < 1.29 is 0 Å². The maximum atomic E-state index is 6.06. The summed E-state index contributed by atoms with van der Waals surface area (Å²) in [6.45, 7) is 2.21. The van der Waals surface area contributed by atoms with Crippen molar-refractivity contribution in [2.75, 3.05) is 0 Å². The predicted molar refractivity (Wildman–Crippen MR) is 51.8 cm³/mol. The van der Waals surface area contributed by atoms with E-state index >= 15 is 0 Å². The molecular formula is C11H21N. The zero-order valence-electron chi connectivity index (χ0n) is 8.13. The van der Waals surface area contributed by atoms with Crippen LogP contribution in [0.15, 0.2) is 0 Å². The second-order valence-electron chi connectivity index (χ2n) is 4.82. The molecule has 0 heterocycles. The van der Waals surface area contributed by atoms with Crippen molar-refractivity contribution in [3.05, 3.63) is 0 Å². The molecule has 0 saturated heterocycles. The quantitative estimate of drug-likeness (QED) is 0.687. The van der Waals surface area contributed by atoms with E-state index in [9.17, 15) is 0 Å². The Bertz CT molecular complexity index is 131. The van der Waals surface area contributed by atoms with E-state index in [0.717, 1.165) is 17.8 Å². The Kier molecular flexibility index (Phi) is 2.40. The van der Waals surface area contributed by atoms with Gasteiger partial charge in [0.25, 0.3) is 0 Å². The van der Waals surface area contributed by atoms with Gasteiger partial charge in [-0.05, 0) is 24.7 Å². The van der Waals surface area contributed by atoms with Gasteiger partial charge >= 0.3 is 0 Å². The lowest BCUT2D eigenvalue weighted by Crippen LogP contribution is -2.42.